The molecule has 2 aliphatic rings. The number of rotatable bonds is 6. The molecule has 0 fully saturated rings. The molecule has 6 atom stereocenters. The van der Waals surface area contributed by atoms with E-state index in [0.717, 1.165) is 58.4 Å². The van der Waals surface area contributed by atoms with Gasteiger partial charge in [-0.15, -0.1) is 0 Å². The summed E-state index contributed by atoms with van der Waals surface area (Å²) in [4.78, 5) is 37.7. The monoisotopic (exact) mass is 646 g/mol. The second-order valence-corrected chi connectivity index (χ2v) is 13.1. The first kappa shape index (κ1) is 34.6. The van der Waals surface area contributed by atoms with E-state index in [4.69, 9.17) is 0 Å². The van der Waals surface area contributed by atoms with Gasteiger partial charge in [-0.05, 0) is 74.2 Å². The Balaban J connectivity index is 0.000000188. The van der Waals surface area contributed by atoms with Gasteiger partial charge < -0.3 is 20.4 Å². The summed E-state index contributed by atoms with van der Waals surface area (Å²) in [6, 6.07) is 29.0. The quantitative estimate of drug-likeness (QED) is 0.218. The van der Waals surface area contributed by atoms with Crippen molar-refractivity contribution in [3.63, 3.8) is 0 Å². The third kappa shape index (κ3) is 7.08. The Morgan fingerprint density at radius 1 is 0.604 bits per heavy atom. The van der Waals surface area contributed by atoms with E-state index in [-0.39, 0.29) is 47.8 Å². The molecule has 252 valence electrons. The Morgan fingerprint density at radius 2 is 0.979 bits per heavy atom. The summed E-state index contributed by atoms with van der Waals surface area (Å²) in [6.45, 7) is 16.0. The predicted octanol–water partition coefficient (Wildman–Crippen LogP) is 8.65. The Morgan fingerprint density at radius 3 is 1.31 bits per heavy atom. The number of aromatic nitrogens is 2. The normalized spacial score (nSPS) is 22.8. The minimum absolute atomic E-state index is 0.105. The van der Waals surface area contributed by atoms with Crippen molar-refractivity contribution < 1.29 is 9.59 Å². The summed E-state index contributed by atoms with van der Waals surface area (Å²) < 4.78 is 0. The molecule has 0 saturated heterocycles. The van der Waals surface area contributed by atoms with Gasteiger partial charge in [0.05, 0.1) is 12.1 Å². The number of carbonyl (C=O) groups is 2. The van der Waals surface area contributed by atoms with Crippen LogP contribution in [0.3, 0.4) is 0 Å². The third-order valence-electron chi connectivity index (χ3n) is 9.89. The highest BCUT2D eigenvalue weighted by Gasteiger charge is 2.40. The van der Waals surface area contributed by atoms with Crippen LogP contribution in [0.5, 0.6) is 0 Å². The van der Waals surface area contributed by atoms with Crippen LogP contribution in [0, 0.1) is 25.7 Å². The van der Waals surface area contributed by atoms with E-state index in [0.29, 0.717) is 0 Å². The molecule has 2 amide bonds. The van der Waals surface area contributed by atoms with Gasteiger partial charge in [-0.1, -0.05) is 76.2 Å². The molecule has 0 bridgehead atoms. The fraction of sp³-hybridized carbons (Fsp3) is 0.400. The molecule has 2 aromatic carbocycles. The maximum atomic E-state index is 12.3. The van der Waals surface area contributed by atoms with Gasteiger partial charge in [0.1, 0.15) is 11.6 Å². The van der Waals surface area contributed by atoms with Gasteiger partial charge in [0.25, 0.3) is 0 Å². The summed E-state index contributed by atoms with van der Waals surface area (Å²) in [5.74, 6) is 2.55. The summed E-state index contributed by atoms with van der Waals surface area (Å²) >= 11 is 0. The van der Waals surface area contributed by atoms with E-state index in [1.807, 2.05) is 96.4 Å². The molecule has 0 saturated carbocycles. The molecule has 8 nitrogen and oxygen atoms in total. The lowest BCUT2D eigenvalue weighted by atomic mass is 9.81. The SMILES string of the molecule is CC[C@@H]1[C@@H](C)[C@H](Nc2cccc(C)n2)c2ccccc2N1C(C)=O.CC[C@H]1[C@H](C)[C@@H](Nc2cccc(C)n2)c2ccccc2N1C(C)=O. The van der Waals surface area contributed by atoms with Crippen LogP contribution in [0.4, 0.5) is 23.0 Å². The third-order valence-corrected chi connectivity index (χ3v) is 9.89. The Bertz CT molecular complexity index is 1610. The number of fused-ring (bicyclic) bond motifs is 2. The van der Waals surface area contributed by atoms with Crippen molar-refractivity contribution in [1.29, 1.82) is 0 Å². The number of pyridine rings is 2. The number of nitrogens with zero attached hydrogens (tertiary/aromatic N) is 4. The number of hydrogen-bond acceptors (Lipinski definition) is 6. The van der Waals surface area contributed by atoms with Crippen molar-refractivity contribution in [2.24, 2.45) is 11.8 Å². The van der Waals surface area contributed by atoms with Crippen LogP contribution in [0.25, 0.3) is 0 Å². The van der Waals surface area contributed by atoms with E-state index >= 15 is 0 Å². The van der Waals surface area contributed by atoms with Crippen molar-refractivity contribution in [2.75, 3.05) is 20.4 Å². The van der Waals surface area contributed by atoms with Crippen LogP contribution in [0.1, 0.15) is 89.0 Å². The number of nitrogens with one attached hydrogen (secondary N) is 2. The van der Waals surface area contributed by atoms with Crippen LogP contribution in [0.15, 0.2) is 84.9 Å². The number of carbonyl (C=O) groups excluding carboxylic acids is 2. The second kappa shape index (κ2) is 15.0. The lowest BCUT2D eigenvalue weighted by molar-refractivity contribution is -0.118. The molecule has 8 heteroatoms. The fourth-order valence-electron chi connectivity index (χ4n) is 7.68. The number of aryl methyl sites for hydroxylation is 2. The maximum absolute atomic E-state index is 12.3. The first-order valence-corrected chi connectivity index (χ1v) is 17.2. The molecule has 48 heavy (non-hydrogen) atoms. The van der Waals surface area contributed by atoms with E-state index < -0.39 is 0 Å². The van der Waals surface area contributed by atoms with Crippen molar-refractivity contribution in [3.8, 4) is 0 Å². The molecule has 2 N–H and O–H groups in total. The summed E-state index contributed by atoms with van der Waals surface area (Å²) in [5, 5.41) is 7.20. The van der Waals surface area contributed by atoms with Gasteiger partial charge in [0.2, 0.25) is 11.8 Å². The highest BCUT2D eigenvalue weighted by atomic mass is 16.2. The number of amides is 2. The van der Waals surface area contributed by atoms with Crippen molar-refractivity contribution >= 4 is 34.8 Å². The molecule has 0 aliphatic carbocycles. The molecule has 0 radical (unpaired) electrons. The number of para-hydroxylation sites is 2. The number of benzene rings is 2. The molecule has 4 heterocycles. The minimum Gasteiger partial charge on any atom is -0.363 e. The average Bonchev–Trinajstić information content (AvgIpc) is 3.06. The summed E-state index contributed by atoms with van der Waals surface area (Å²) in [5.41, 5.74) is 6.34. The highest BCUT2D eigenvalue weighted by Crippen LogP contribution is 2.44. The lowest BCUT2D eigenvalue weighted by Crippen LogP contribution is -2.49. The van der Waals surface area contributed by atoms with Crippen LogP contribution < -0.4 is 20.4 Å². The first-order valence-electron chi connectivity index (χ1n) is 17.2. The largest absolute Gasteiger partial charge is 0.363 e. The molecule has 6 rings (SSSR count). The highest BCUT2D eigenvalue weighted by molar-refractivity contribution is 5.94. The first-order chi connectivity index (χ1) is 23.0. The molecule has 4 aromatic rings. The smallest absolute Gasteiger partial charge is 0.224 e. The Kier molecular flexibility index (Phi) is 10.8. The number of anilines is 4. The lowest BCUT2D eigenvalue weighted by Gasteiger charge is -2.45. The van der Waals surface area contributed by atoms with Gasteiger partial charge in [-0.25, -0.2) is 9.97 Å². The zero-order valence-corrected chi connectivity index (χ0v) is 29.6. The zero-order valence-electron chi connectivity index (χ0n) is 29.6. The van der Waals surface area contributed by atoms with Gasteiger partial charge in [-0.2, -0.15) is 0 Å². The van der Waals surface area contributed by atoms with Crippen LogP contribution >= 0.6 is 0 Å². The molecule has 2 aromatic heterocycles. The van der Waals surface area contributed by atoms with Gasteiger partial charge in [0, 0.05) is 60.5 Å². The summed E-state index contributed by atoms with van der Waals surface area (Å²) in [6.07, 6.45) is 1.85. The summed E-state index contributed by atoms with van der Waals surface area (Å²) in [7, 11) is 0. The van der Waals surface area contributed by atoms with Crippen LogP contribution in [0.2, 0.25) is 0 Å². The maximum Gasteiger partial charge on any atom is 0.224 e. The van der Waals surface area contributed by atoms with E-state index in [2.05, 4.69) is 60.4 Å². The Hall–Kier alpha value is -4.72. The van der Waals surface area contributed by atoms with Crippen LogP contribution in [-0.2, 0) is 9.59 Å². The predicted molar refractivity (Wildman–Crippen MR) is 196 cm³/mol. The van der Waals surface area contributed by atoms with Crippen molar-refractivity contribution in [3.05, 3.63) is 107 Å². The Labute approximate surface area is 286 Å². The zero-order chi connectivity index (χ0) is 34.5. The molecular formula is C40H50N6O2. The fourth-order valence-corrected chi connectivity index (χ4v) is 7.68. The minimum atomic E-state index is 0.105. The van der Waals surface area contributed by atoms with Gasteiger partial charge in [0.15, 0.2) is 0 Å². The van der Waals surface area contributed by atoms with E-state index in [9.17, 15) is 9.59 Å². The van der Waals surface area contributed by atoms with Gasteiger partial charge >= 0.3 is 0 Å². The standard InChI is InChI=1S/2C20H25N3O/c2*1-5-17-14(3)20(22-19-12-8-9-13(2)21-19)16-10-6-7-11-18(16)23(17)15(4)24/h2*6-12,14,17,20H,5H2,1-4H3,(H,21,22)/t2*14-,17-,20+/m10/s1. The average molecular weight is 647 g/mol. The van der Waals surface area contributed by atoms with E-state index in [1.165, 1.54) is 0 Å². The van der Waals surface area contributed by atoms with Crippen LogP contribution in [-0.4, -0.2) is 33.9 Å². The molecule has 0 unspecified atom stereocenters. The second-order valence-electron chi connectivity index (χ2n) is 13.1. The van der Waals surface area contributed by atoms with Crippen molar-refractivity contribution in [1.82, 2.24) is 9.97 Å². The molecule has 2 aliphatic heterocycles. The molecule has 0 spiro atoms. The van der Waals surface area contributed by atoms with E-state index in [1.54, 1.807) is 13.8 Å². The number of hydrogen-bond donors (Lipinski definition) is 2. The molecular weight excluding hydrogens is 596 g/mol. The van der Waals surface area contributed by atoms with Gasteiger partial charge in [-0.3, -0.25) is 9.59 Å². The topological polar surface area (TPSA) is 90.5 Å². The van der Waals surface area contributed by atoms with Crippen molar-refractivity contribution in [2.45, 2.75) is 92.4 Å².